The summed E-state index contributed by atoms with van der Waals surface area (Å²) >= 11 is 0. The predicted octanol–water partition coefficient (Wildman–Crippen LogP) is 4.32. The Bertz CT molecular complexity index is 1370. The van der Waals surface area contributed by atoms with Gasteiger partial charge in [0.1, 0.15) is 18.5 Å². The molecule has 2 aliphatic heterocycles. The molecule has 1 atom stereocenters. The third-order valence-electron chi connectivity index (χ3n) is 7.43. The van der Waals surface area contributed by atoms with Crippen molar-refractivity contribution in [1.29, 1.82) is 0 Å². The maximum absolute atomic E-state index is 14.5. The molecule has 1 saturated carbocycles. The molecule has 2 aromatic heterocycles. The van der Waals surface area contributed by atoms with Crippen molar-refractivity contribution >= 4 is 17.3 Å². The van der Waals surface area contributed by atoms with Crippen molar-refractivity contribution in [3.63, 3.8) is 0 Å². The number of carbonyl (C=O) groups excluding carboxylic acids is 1. The quantitative estimate of drug-likeness (QED) is 0.424. The lowest BCUT2D eigenvalue weighted by molar-refractivity contribution is -0.181. The highest BCUT2D eigenvalue weighted by molar-refractivity contribution is 6.07. The fourth-order valence-corrected chi connectivity index (χ4v) is 5.11. The van der Waals surface area contributed by atoms with Gasteiger partial charge in [0, 0.05) is 29.4 Å². The Morgan fingerprint density at radius 3 is 2.84 bits per heavy atom. The Kier molecular flexibility index (Phi) is 6.03. The topological polar surface area (TPSA) is 107 Å². The molecule has 200 valence electrons. The molecule has 6 rings (SSSR count). The third kappa shape index (κ3) is 4.37. The van der Waals surface area contributed by atoms with Crippen LogP contribution in [-0.4, -0.2) is 61.1 Å². The van der Waals surface area contributed by atoms with Gasteiger partial charge in [0.25, 0.3) is 5.91 Å². The van der Waals surface area contributed by atoms with Gasteiger partial charge in [0.2, 0.25) is 0 Å². The normalized spacial score (nSPS) is 20.9. The molecule has 0 bridgehead atoms. The number of pyridine rings is 1. The second kappa shape index (κ2) is 9.28. The second-order valence-corrected chi connectivity index (χ2v) is 10.7. The van der Waals surface area contributed by atoms with Gasteiger partial charge in [-0.1, -0.05) is 6.07 Å². The van der Waals surface area contributed by atoms with Gasteiger partial charge in [-0.2, -0.15) is 0 Å². The summed E-state index contributed by atoms with van der Waals surface area (Å²) in [4.78, 5) is 21.0. The molecule has 1 aromatic carbocycles. The Morgan fingerprint density at radius 1 is 1.26 bits per heavy atom. The molecule has 4 heterocycles. The average molecular weight is 523 g/mol. The van der Waals surface area contributed by atoms with Crippen molar-refractivity contribution in [2.75, 3.05) is 38.8 Å². The molecule has 10 heteroatoms. The smallest absolute Gasteiger partial charge is 0.255 e. The number of para-hydroxylation sites is 1. The first-order valence-electron chi connectivity index (χ1n) is 12.8. The summed E-state index contributed by atoms with van der Waals surface area (Å²) in [6.45, 7) is 5.73. The Hall–Kier alpha value is -3.63. The molecule has 0 radical (unpaired) electrons. The lowest BCUT2D eigenvalue weighted by Crippen LogP contribution is -2.44. The minimum absolute atomic E-state index is 0.0642. The number of rotatable bonds is 7. The summed E-state index contributed by atoms with van der Waals surface area (Å²) in [5, 5.41) is 6.33. The second-order valence-electron chi connectivity index (χ2n) is 10.7. The molecule has 2 fully saturated rings. The van der Waals surface area contributed by atoms with Crippen LogP contribution in [0.3, 0.4) is 0 Å². The third-order valence-corrected chi connectivity index (χ3v) is 7.43. The molecular formula is C28H31FN4O5. The van der Waals surface area contributed by atoms with Gasteiger partial charge >= 0.3 is 0 Å². The van der Waals surface area contributed by atoms with E-state index in [1.807, 2.05) is 19.9 Å². The van der Waals surface area contributed by atoms with Crippen LogP contribution in [0.4, 0.5) is 15.8 Å². The number of H-pyrrole nitrogens is 1. The van der Waals surface area contributed by atoms with Crippen molar-refractivity contribution in [1.82, 2.24) is 15.3 Å². The van der Waals surface area contributed by atoms with E-state index >= 15 is 0 Å². The summed E-state index contributed by atoms with van der Waals surface area (Å²) in [6, 6.07) is 6.47. The predicted molar refractivity (Wildman–Crippen MR) is 139 cm³/mol. The molecule has 3 N–H and O–H groups in total. The number of aromatic amines is 1. The van der Waals surface area contributed by atoms with Crippen LogP contribution in [0.5, 0.6) is 11.5 Å². The molecule has 3 aromatic rings. The van der Waals surface area contributed by atoms with Crippen LogP contribution in [0.2, 0.25) is 0 Å². The summed E-state index contributed by atoms with van der Waals surface area (Å²) in [7, 11) is 1.41. The number of halogens is 1. The maximum Gasteiger partial charge on any atom is 0.255 e. The maximum atomic E-state index is 14.5. The standard InChI is InChI=1S/C28H31FN4O5/c1-27(2)15-37-16(13-38-27)12-36-20-11-30-10-7-17(20)22-23(32-19-6-4-5-18(29)24(19)35-3)21-25(33-22)28(8-9-28)14-31-26(21)34/h4-7,10-11,16,32-33H,8-9,12-15H2,1-3H3,(H,31,34)/t16-/m1/s1. The van der Waals surface area contributed by atoms with E-state index in [0.29, 0.717) is 53.7 Å². The van der Waals surface area contributed by atoms with Crippen LogP contribution in [0.25, 0.3) is 11.3 Å². The fourth-order valence-electron chi connectivity index (χ4n) is 5.11. The molecule has 0 unspecified atom stereocenters. The first kappa shape index (κ1) is 24.7. The van der Waals surface area contributed by atoms with Crippen LogP contribution < -0.4 is 20.1 Å². The van der Waals surface area contributed by atoms with Crippen molar-refractivity contribution < 1.29 is 28.1 Å². The lowest BCUT2D eigenvalue weighted by atomic mass is 9.93. The number of carbonyl (C=O) groups is 1. The summed E-state index contributed by atoms with van der Waals surface area (Å²) in [5.74, 6) is -0.101. The number of benzene rings is 1. The van der Waals surface area contributed by atoms with E-state index in [-0.39, 0.29) is 35.4 Å². The van der Waals surface area contributed by atoms with E-state index in [0.717, 1.165) is 18.5 Å². The molecular weight excluding hydrogens is 491 g/mol. The SMILES string of the molecule is COc1c(F)cccc1Nc1c(-c2ccncc2OC[C@@H]2COC(C)(C)CO2)[nH]c2c1C(=O)NCC21CC1. The minimum Gasteiger partial charge on any atom is -0.492 e. The number of aromatic nitrogens is 2. The highest BCUT2D eigenvalue weighted by Gasteiger charge is 2.51. The number of ether oxygens (including phenoxy) is 4. The van der Waals surface area contributed by atoms with Crippen molar-refractivity contribution in [3.05, 3.63) is 53.7 Å². The van der Waals surface area contributed by atoms with Crippen LogP contribution in [0, 0.1) is 5.82 Å². The highest BCUT2D eigenvalue weighted by atomic mass is 19.1. The van der Waals surface area contributed by atoms with Gasteiger partial charge in [-0.15, -0.1) is 0 Å². The Labute approximate surface area is 220 Å². The number of nitrogens with one attached hydrogen (secondary N) is 3. The highest BCUT2D eigenvalue weighted by Crippen LogP contribution is 2.54. The number of hydrogen-bond donors (Lipinski definition) is 3. The van der Waals surface area contributed by atoms with E-state index in [1.165, 1.54) is 13.2 Å². The van der Waals surface area contributed by atoms with E-state index in [1.54, 1.807) is 24.5 Å². The number of hydrogen-bond acceptors (Lipinski definition) is 7. The van der Waals surface area contributed by atoms with E-state index in [4.69, 9.17) is 18.9 Å². The number of amides is 1. The monoisotopic (exact) mass is 522 g/mol. The van der Waals surface area contributed by atoms with E-state index in [2.05, 4.69) is 20.6 Å². The summed E-state index contributed by atoms with van der Waals surface area (Å²) in [5.41, 5.74) is 3.26. The zero-order valence-corrected chi connectivity index (χ0v) is 21.7. The Morgan fingerprint density at radius 2 is 2.11 bits per heavy atom. The van der Waals surface area contributed by atoms with Gasteiger partial charge in [0.05, 0.1) is 54.8 Å². The Balaban J connectivity index is 1.40. The first-order valence-corrected chi connectivity index (χ1v) is 12.8. The zero-order chi connectivity index (χ0) is 26.5. The van der Waals surface area contributed by atoms with Crippen LogP contribution in [0.1, 0.15) is 42.7 Å². The molecule has 38 heavy (non-hydrogen) atoms. The van der Waals surface area contributed by atoms with E-state index < -0.39 is 5.82 Å². The lowest BCUT2D eigenvalue weighted by Gasteiger charge is -2.34. The number of nitrogens with zero attached hydrogens (tertiary/aromatic N) is 1. The molecule has 1 saturated heterocycles. The van der Waals surface area contributed by atoms with E-state index in [9.17, 15) is 9.18 Å². The minimum atomic E-state index is -0.502. The van der Waals surface area contributed by atoms with Crippen molar-refractivity contribution in [3.8, 4) is 22.8 Å². The zero-order valence-electron chi connectivity index (χ0n) is 21.7. The fraction of sp³-hybridized carbons (Fsp3) is 0.429. The molecule has 1 aliphatic carbocycles. The van der Waals surface area contributed by atoms with Gasteiger partial charge in [-0.05, 0) is 44.9 Å². The summed E-state index contributed by atoms with van der Waals surface area (Å²) in [6.07, 6.45) is 5.03. The molecule has 1 spiro atoms. The van der Waals surface area contributed by atoms with Crippen LogP contribution >= 0.6 is 0 Å². The van der Waals surface area contributed by atoms with Crippen LogP contribution in [0.15, 0.2) is 36.7 Å². The van der Waals surface area contributed by atoms with Crippen molar-refractivity contribution in [2.24, 2.45) is 0 Å². The average Bonchev–Trinajstić information content (AvgIpc) is 3.58. The van der Waals surface area contributed by atoms with Gasteiger partial charge in [-0.25, -0.2) is 4.39 Å². The molecule has 3 aliphatic rings. The van der Waals surface area contributed by atoms with Crippen molar-refractivity contribution in [2.45, 2.75) is 43.8 Å². The largest absolute Gasteiger partial charge is 0.492 e. The van der Waals surface area contributed by atoms with Gasteiger partial charge in [0.15, 0.2) is 11.6 Å². The number of anilines is 2. The van der Waals surface area contributed by atoms with Crippen LogP contribution in [-0.2, 0) is 14.9 Å². The molecule has 1 amide bonds. The number of fused-ring (bicyclic) bond motifs is 2. The molecule has 9 nitrogen and oxygen atoms in total. The van der Waals surface area contributed by atoms with Gasteiger partial charge < -0.3 is 34.6 Å². The first-order chi connectivity index (χ1) is 18.3. The van der Waals surface area contributed by atoms with Gasteiger partial charge in [-0.3, -0.25) is 9.78 Å². The summed E-state index contributed by atoms with van der Waals surface area (Å²) < 4.78 is 37.9. The number of methoxy groups -OCH3 is 1.